The van der Waals surface area contributed by atoms with E-state index >= 15 is 0 Å². The largest absolute Gasteiger partial charge is 0.497 e. The zero-order chi connectivity index (χ0) is 22.1. The molecule has 0 unspecified atom stereocenters. The summed E-state index contributed by atoms with van der Waals surface area (Å²) in [6.45, 7) is 4.05. The van der Waals surface area contributed by atoms with Crippen LogP contribution in [-0.4, -0.2) is 49.2 Å². The number of carbonyl (C=O) groups is 1. The van der Waals surface area contributed by atoms with Crippen molar-refractivity contribution in [2.45, 2.75) is 25.6 Å². The van der Waals surface area contributed by atoms with E-state index in [-0.39, 0.29) is 17.9 Å². The third-order valence-corrected chi connectivity index (χ3v) is 6.32. The number of ether oxygens (including phenoxy) is 3. The molecular weight excluding hydrogens is 414 g/mol. The van der Waals surface area contributed by atoms with Gasteiger partial charge in [0.15, 0.2) is 16.7 Å². The van der Waals surface area contributed by atoms with Gasteiger partial charge < -0.3 is 14.2 Å². The number of thioether (sulfide) groups is 1. The standard InChI is InChI=1S/C23H25N3O4S/c1-13(2)20-22(27)25-21-16-10-18(29-4)19(30-5)11-17(16)24-23(26(20)21)31-12-14-6-8-15(28-3)9-7-14/h6-11,13,20H,12H2,1-5H3/t20-/m1/s1. The van der Waals surface area contributed by atoms with Crippen molar-refractivity contribution in [3.63, 3.8) is 0 Å². The quantitative estimate of drug-likeness (QED) is 0.670. The third-order valence-electron chi connectivity index (χ3n) is 5.30. The molecule has 7 nitrogen and oxygen atoms in total. The van der Waals surface area contributed by atoms with Gasteiger partial charge in [0.05, 0.1) is 27.0 Å². The van der Waals surface area contributed by atoms with Gasteiger partial charge in [-0.15, -0.1) is 0 Å². The Kier molecular flexibility index (Phi) is 5.91. The molecule has 0 spiro atoms. The Bertz CT molecular complexity index is 1060. The predicted octanol–water partition coefficient (Wildman–Crippen LogP) is 4.26. The maximum absolute atomic E-state index is 12.8. The van der Waals surface area contributed by atoms with Crippen molar-refractivity contribution in [3.05, 3.63) is 47.5 Å². The van der Waals surface area contributed by atoms with Crippen molar-refractivity contribution in [1.29, 1.82) is 0 Å². The molecule has 162 valence electrons. The molecule has 2 aliphatic rings. The van der Waals surface area contributed by atoms with Gasteiger partial charge in [-0.3, -0.25) is 9.69 Å². The second-order valence-electron chi connectivity index (χ2n) is 7.59. The molecule has 0 aliphatic carbocycles. The van der Waals surface area contributed by atoms with Gasteiger partial charge in [0.1, 0.15) is 17.6 Å². The average molecular weight is 440 g/mol. The molecule has 2 aliphatic heterocycles. The van der Waals surface area contributed by atoms with Crippen LogP contribution in [0.1, 0.15) is 25.0 Å². The van der Waals surface area contributed by atoms with Crippen LogP contribution in [0.25, 0.3) is 0 Å². The zero-order valence-corrected chi connectivity index (χ0v) is 19.0. The Morgan fingerprint density at radius 1 is 1.00 bits per heavy atom. The lowest BCUT2D eigenvalue weighted by Crippen LogP contribution is -2.46. The Morgan fingerprint density at radius 3 is 2.29 bits per heavy atom. The minimum atomic E-state index is -0.377. The molecule has 0 saturated carbocycles. The van der Waals surface area contributed by atoms with Crippen LogP contribution in [0.15, 0.2) is 46.4 Å². The summed E-state index contributed by atoms with van der Waals surface area (Å²) in [6.07, 6.45) is 0. The van der Waals surface area contributed by atoms with Crippen LogP contribution in [0.4, 0.5) is 5.69 Å². The summed E-state index contributed by atoms with van der Waals surface area (Å²) >= 11 is 1.58. The maximum atomic E-state index is 12.8. The highest BCUT2D eigenvalue weighted by molar-refractivity contribution is 8.13. The molecule has 0 fully saturated rings. The number of rotatable bonds is 6. The van der Waals surface area contributed by atoms with Gasteiger partial charge in [-0.1, -0.05) is 37.7 Å². The number of aliphatic imine (C=N–C) groups is 2. The van der Waals surface area contributed by atoms with E-state index in [1.165, 1.54) is 0 Å². The van der Waals surface area contributed by atoms with E-state index in [0.29, 0.717) is 28.8 Å². The second kappa shape index (κ2) is 8.63. The van der Waals surface area contributed by atoms with E-state index in [2.05, 4.69) is 4.99 Å². The average Bonchev–Trinajstić information content (AvgIpc) is 3.14. The van der Waals surface area contributed by atoms with Crippen molar-refractivity contribution in [1.82, 2.24) is 4.90 Å². The fourth-order valence-electron chi connectivity index (χ4n) is 3.72. The van der Waals surface area contributed by atoms with Gasteiger partial charge in [-0.25, -0.2) is 4.99 Å². The van der Waals surface area contributed by atoms with Crippen LogP contribution in [-0.2, 0) is 10.5 Å². The number of nitrogens with zero attached hydrogens (tertiary/aromatic N) is 3. The van der Waals surface area contributed by atoms with E-state index in [9.17, 15) is 4.79 Å². The van der Waals surface area contributed by atoms with Crippen LogP contribution >= 0.6 is 11.8 Å². The number of amidine groups is 2. The molecule has 8 heteroatoms. The first-order valence-electron chi connectivity index (χ1n) is 9.99. The van der Waals surface area contributed by atoms with Crippen molar-refractivity contribution in [2.24, 2.45) is 15.9 Å². The molecule has 0 bridgehead atoms. The van der Waals surface area contributed by atoms with Gasteiger partial charge in [0, 0.05) is 17.4 Å². The zero-order valence-electron chi connectivity index (χ0n) is 18.2. The Labute approximate surface area is 186 Å². The minimum absolute atomic E-state index is 0.0854. The lowest BCUT2D eigenvalue weighted by atomic mass is 10.0. The molecule has 2 aromatic rings. The van der Waals surface area contributed by atoms with E-state index < -0.39 is 0 Å². The number of amides is 1. The number of hydrogen-bond acceptors (Lipinski definition) is 7. The Hall–Kier alpha value is -3.00. The normalized spacial score (nSPS) is 17.2. The summed E-state index contributed by atoms with van der Waals surface area (Å²) in [5.74, 6) is 3.24. The summed E-state index contributed by atoms with van der Waals surface area (Å²) in [6, 6.07) is 11.2. The van der Waals surface area contributed by atoms with Gasteiger partial charge in [-0.2, -0.15) is 4.99 Å². The highest BCUT2D eigenvalue weighted by Crippen LogP contribution is 2.42. The molecule has 4 rings (SSSR count). The molecule has 0 N–H and O–H groups in total. The van der Waals surface area contributed by atoms with E-state index in [1.54, 1.807) is 33.1 Å². The number of benzene rings is 2. The van der Waals surface area contributed by atoms with E-state index in [4.69, 9.17) is 19.2 Å². The van der Waals surface area contributed by atoms with Gasteiger partial charge >= 0.3 is 0 Å². The summed E-state index contributed by atoms with van der Waals surface area (Å²) in [5.41, 5.74) is 2.61. The van der Waals surface area contributed by atoms with E-state index in [0.717, 1.165) is 22.0 Å². The molecule has 31 heavy (non-hydrogen) atoms. The van der Waals surface area contributed by atoms with Crippen LogP contribution < -0.4 is 14.2 Å². The van der Waals surface area contributed by atoms with E-state index in [1.807, 2.05) is 55.1 Å². The maximum Gasteiger partial charge on any atom is 0.271 e. The van der Waals surface area contributed by atoms with Crippen molar-refractivity contribution in [2.75, 3.05) is 21.3 Å². The molecule has 0 aromatic heterocycles. The van der Waals surface area contributed by atoms with Gasteiger partial charge in [-0.05, 0) is 29.7 Å². The van der Waals surface area contributed by atoms with Crippen molar-refractivity contribution >= 4 is 34.4 Å². The van der Waals surface area contributed by atoms with Crippen LogP contribution in [0, 0.1) is 5.92 Å². The van der Waals surface area contributed by atoms with Crippen molar-refractivity contribution < 1.29 is 19.0 Å². The van der Waals surface area contributed by atoms with Crippen LogP contribution in [0.5, 0.6) is 17.2 Å². The first kappa shape index (κ1) is 21.2. The third kappa shape index (κ3) is 3.87. The first-order chi connectivity index (χ1) is 15.0. The highest BCUT2D eigenvalue weighted by Gasteiger charge is 2.43. The lowest BCUT2D eigenvalue weighted by molar-refractivity contribution is -0.120. The summed E-state index contributed by atoms with van der Waals surface area (Å²) in [5, 5.41) is 0.749. The number of fused-ring (bicyclic) bond motifs is 3. The fraction of sp³-hybridized carbons (Fsp3) is 0.348. The molecule has 2 heterocycles. The van der Waals surface area contributed by atoms with Gasteiger partial charge in [0.2, 0.25) is 0 Å². The SMILES string of the molecule is COc1ccc(CSC2=Nc3cc(OC)c(OC)cc3C3=NC(=O)[C@@H](C(C)C)N23)cc1. The molecule has 0 saturated heterocycles. The summed E-state index contributed by atoms with van der Waals surface area (Å²) in [4.78, 5) is 24.1. The van der Waals surface area contributed by atoms with Gasteiger partial charge in [0.25, 0.3) is 5.91 Å². The predicted molar refractivity (Wildman–Crippen MR) is 123 cm³/mol. The first-order valence-corrected chi connectivity index (χ1v) is 11.0. The number of carbonyl (C=O) groups excluding carboxylic acids is 1. The number of methoxy groups -OCH3 is 3. The molecular formula is C23H25N3O4S. The molecule has 1 atom stereocenters. The smallest absolute Gasteiger partial charge is 0.271 e. The lowest BCUT2D eigenvalue weighted by Gasteiger charge is -2.33. The Balaban J connectivity index is 1.74. The second-order valence-corrected chi connectivity index (χ2v) is 8.53. The van der Waals surface area contributed by atoms with Crippen LogP contribution in [0.2, 0.25) is 0 Å². The number of hydrogen-bond donors (Lipinski definition) is 0. The fourth-order valence-corrected chi connectivity index (χ4v) is 4.71. The highest BCUT2D eigenvalue weighted by atomic mass is 32.2. The summed E-state index contributed by atoms with van der Waals surface area (Å²) < 4.78 is 16.1. The Morgan fingerprint density at radius 2 is 1.68 bits per heavy atom. The monoisotopic (exact) mass is 439 g/mol. The summed E-state index contributed by atoms with van der Waals surface area (Å²) in [7, 11) is 4.83. The molecule has 1 amide bonds. The van der Waals surface area contributed by atoms with Crippen molar-refractivity contribution in [3.8, 4) is 17.2 Å². The molecule has 0 radical (unpaired) electrons. The molecule has 2 aromatic carbocycles. The topological polar surface area (TPSA) is 72.7 Å². The van der Waals surface area contributed by atoms with Crippen LogP contribution in [0.3, 0.4) is 0 Å². The minimum Gasteiger partial charge on any atom is -0.497 e.